The number of anilines is 1. The highest BCUT2D eigenvalue weighted by atomic mass is 35.5. The molecule has 0 aliphatic carbocycles. The van der Waals surface area contributed by atoms with Crippen LogP contribution in [0.1, 0.15) is 19.3 Å². The Labute approximate surface area is 168 Å². The predicted molar refractivity (Wildman–Crippen MR) is 114 cm³/mol. The number of hydrogen-bond acceptors (Lipinski definition) is 4. The van der Waals surface area contributed by atoms with Crippen LogP contribution in [-0.4, -0.2) is 36.5 Å². The maximum Gasteiger partial charge on any atom is 0.272 e. The third-order valence-electron chi connectivity index (χ3n) is 4.55. The molecule has 1 aromatic heterocycles. The molecule has 0 saturated heterocycles. The van der Waals surface area contributed by atoms with Gasteiger partial charge in [0.2, 0.25) is 0 Å². The van der Waals surface area contributed by atoms with Gasteiger partial charge in [-0.25, -0.2) is 9.49 Å². The molecule has 3 rings (SSSR count). The Hall–Kier alpha value is -2.44. The lowest BCUT2D eigenvalue weighted by molar-refractivity contribution is 0.462. The van der Waals surface area contributed by atoms with Crippen LogP contribution in [0.3, 0.4) is 0 Å². The van der Waals surface area contributed by atoms with Crippen LogP contribution >= 0.6 is 11.6 Å². The highest BCUT2D eigenvalue weighted by Crippen LogP contribution is 2.30. The maximum atomic E-state index is 12.0. The van der Waals surface area contributed by atoms with E-state index in [-0.39, 0.29) is 12.2 Å². The van der Waals surface area contributed by atoms with Crippen molar-refractivity contribution in [2.75, 3.05) is 31.6 Å². The molecule has 0 unspecified atom stereocenters. The second-order valence-electron chi connectivity index (χ2n) is 6.57. The number of rotatable bonds is 10. The van der Waals surface area contributed by atoms with Gasteiger partial charge < -0.3 is 10.6 Å². The normalized spacial score (nSPS) is 11.1. The molecule has 7 heteroatoms. The van der Waals surface area contributed by atoms with E-state index in [1.165, 1.54) is 0 Å². The van der Waals surface area contributed by atoms with Crippen LogP contribution in [-0.2, 0) is 0 Å². The Bertz CT molecular complexity index is 976. The molecule has 3 N–H and O–H groups in total. The first-order valence-electron chi connectivity index (χ1n) is 9.48. The highest BCUT2D eigenvalue weighted by Gasteiger charge is 2.10. The summed E-state index contributed by atoms with van der Waals surface area (Å²) in [5.74, 6) is 0. The number of fused-ring (bicyclic) bond motifs is 1. The first-order valence-corrected chi connectivity index (χ1v) is 9.86. The van der Waals surface area contributed by atoms with E-state index in [2.05, 4.69) is 20.8 Å². The SMILES string of the molecule is O=c1[nH]nc(-c2ccc(Cl)c(NCCCCCNCCF)c2)c2ccccc12. The van der Waals surface area contributed by atoms with Gasteiger partial charge in [0.1, 0.15) is 6.67 Å². The summed E-state index contributed by atoms with van der Waals surface area (Å²) in [6, 6.07) is 13.1. The first-order chi connectivity index (χ1) is 13.7. The Morgan fingerprint density at radius 3 is 2.61 bits per heavy atom. The fourth-order valence-corrected chi connectivity index (χ4v) is 3.29. The average Bonchev–Trinajstić information content (AvgIpc) is 2.72. The van der Waals surface area contributed by atoms with Crippen molar-refractivity contribution >= 4 is 28.1 Å². The molecule has 1 heterocycles. The molecule has 0 radical (unpaired) electrons. The van der Waals surface area contributed by atoms with Crippen molar-refractivity contribution in [3.05, 3.63) is 57.8 Å². The van der Waals surface area contributed by atoms with Gasteiger partial charge >= 0.3 is 0 Å². The summed E-state index contributed by atoms with van der Waals surface area (Å²) in [7, 11) is 0. The van der Waals surface area contributed by atoms with E-state index in [0.29, 0.717) is 22.6 Å². The second kappa shape index (κ2) is 10.2. The van der Waals surface area contributed by atoms with Crippen LogP contribution in [0, 0.1) is 0 Å². The Morgan fingerprint density at radius 2 is 1.79 bits per heavy atom. The number of nitrogens with one attached hydrogen (secondary N) is 3. The van der Waals surface area contributed by atoms with E-state index in [1.807, 2.05) is 36.4 Å². The third kappa shape index (κ3) is 5.09. The summed E-state index contributed by atoms with van der Waals surface area (Å²) in [6.07, 6.45) is 3.07. The molecular formula is C21H24ClFN4O. The maximum absolute atomic E-state index is 12.0. The quantitative estimate of drug-likeness (QED) is 0.440. The summed E-state index contributed by atoms with van der Waals surface area (Å²) in [5, 5.41) is 15.3. The summed E-state index contributed by atoms with van der Waals surface area (Å²) in [6.45, 7) is 1.74. The van der Waals surface area contributed by atoms with Gasteiger partial charge in [0, 0.05) is 24.0 Å². The molecule has 3 aromatic rings. The topological polar surface area (TPSA) is 69.8 Å². The fourth-order valence-electron chi connectivity index (χ4n) is 3.11. The number of halogens is 2. The zero-order chi connectivity index (χ0) is 19.8. The molecule has 5 nitrogen and oxygen atoms in total. The lowest BCUT2D eigenvalue weighted by Crippen LogP contribution is -2.18. The monoisotopic (exact) mass is 402 g/mol. The van der Waals surface area contributed by atoms with Crippen LogP contribution in [0.25, 0.3) is 22.0 Å². The molecule has 0 spiro atoms. The number of aromatic nitrogens is 2. The molecular weight excluding hydrogens is 379 g/mol. The lowest BCUT2D eigenvalue weighted by Gasteiger charge is -2.11. The molecule has 0 aliphatic heterocycles. The van der Waals surface area contributed by atoms with Crippen molar-refractivity contribution in [3.8, 4) is 11.3 Å². The standard InChI is InChI=1S/C21H24ClFN4O/c22-18-9-8-15(14-19(18)25-12-5-1-4-11-24-13-10-23)20-16-6-2-3-7-17(16)21(28)27-26-20/h2-3,6-9,14,24-25H,1,4-5,10-13H2,(H,27,28). The number of unbranched alkanes of at least 4 members (excludes halogenated alkanes) is 2. The van der Waals surface area contributed by atoms with Crippen molar-refractivity contribution in [1.82, 2.24) is 15.5 Å². The number of benzene rings is 2. The van der Waals surface area contributed by atoms with Crippen molar-refractivity contribution in [2.45, 2.75) is 19.3 Å². The molecule has 0 saturated carbocycles. The summed E-state index contributed by atoms with van der Waals surface area (Å²) >= 11 is 6.34. The van der Waals surface area contributed by atoms with E-state index >= 15 is 0 Å². The number of aromatic amines is 1. The Balaban J connectivity index is 1.67. The molecule has 0 aliphatic rings. The van der Waals surface area contributed by atoms with Crippen LogP contribution in [0.15, 0.2) is 47.3 Å². The molecule has 2 aromatic carbocycles. The van der Waals surface area contributed by atoms with Crippen molar-refractivity contribution in [1.29, 1.82) is 0 Å². The fraction of sp³-hybridized carbons (Fsp3) is 0.333. The Kier molecular flexibility index (Phi) is 7.39. The van der Waals surface area contributed by atoms with Crippen LogP contribution in [0.4, 0.5) is 10.1 Å². The van der Waals surface area contributed by atoms with Gasteiger partial charge in [-0.15, -0.1) is 0 Å². The number of H-pyrrole nitrogens is 1. The third-order valence-corrected chi connectivity index (χ3v) is 4.88. The van der Waals surface area contributed by atoms with Gasteiger partial charge in [-0.3, -0.25) is 4.79 Å². The van der Waals surface area contributed by atoms with Gasteiger partial charge in [0.15, 0.2) is 0 Å². The van der Waals surface area contributed by atoms with Gasteiger partial charge in [0.05, 0.1) is 21.8 Å². The average molecular weight is 403 g/mol. The Morgan fingerprint density at radius 1 is 1.00 bits per heavy atom. The van der Waals surface area contributed by atoms with E-state index in [4.69, 9.17) is 11.6 Å². The van der Waals surface area contributed by atoms with Crippen LogP contribution < -0.4 is 16.2 Å². The van der Waals surface area contributed by atoms with Crippen molar-refractivity contribution in [2.24, 2.45) is 0 Å². The first kappa shape index (κ1) is 20.3. The zero-order valence-corrected chi connectivity index (χ0v) is 16.4. The van der Waals surface area contributed by atoms with Crippen molar-refractivity contribution < 1.29 is 4.39 Å². The molecule has 0 bridgehead atoms. The second-order valence-corrected chi connectivity index (χ2v) is 6.98. The van der Waals surface area contributed by atoms with Gasteiger partial charge in [-0.2, -0.15) is 5.10 Å². The minimum Gasteiger partial charge on any atom is -0.384 e. The van der Waals surface area contributed by atoms with E-state index in [1.54, 1.807) is 6.07 Å². The number of nitrogens with zero attached hydrogens (tertiary/aromatic N) is 1. The minimum absolute atomic E-state index is 0.201. The summed E-state index contributed by atoms with van der Waals surface area (Å²) in [4.78, 5) is 12.0. The smallest absolute Gasteiger partial charge is 0.272 e. The number of hydrogen-bond donors (Lipinski definition) is 3. The van der Waals surface area contributed by atoms with Crippen molar-refractivity contribution in [3.63, 3.8) is 0 Å². The molecule has 28 heavy (non-hydrogen) atoms. The van der Waals surface area contributed by atoms with Gasteiger partial charge in [-0.1, -0.05) is 42.3 Å². The lowest BCUT2D eigenvalue weighted by atomic mass is 10.0. The van der Waals surface area contributed by atoms with E-state index in [9.17, 15) is 9.18 Å². The molecule has 0 fully saturated rings. The largest absolute Gasteiger partial charge is 0.384 e. The van der Waals surface area contributed by atoms with E-state index < -0.39 is 0 Å². The van der Waals surface area contributed by atoms with Gasteiger partial charge in [0.25, 0.3) is 5.56 Å². The summed E-state index contributed by atoms with van der Waals surface area (Å²) < 4.78 is 12.0. The minimum atomic E-state index is -0.324. The number of alkyl halides is 1. The van der Waals surface area contributed by atoms with Gasteiger partial charge in [-0.05, 0) is 37.6 Å². The predicted octanol–water partition coefficient (Wildman–Crippen LogP) is 4.38. The van der Waals surface area contributed by atoms with Crippen LogP contribution in [0.2, 0.25) is 5.02 Å². The van der Waals surface area contributed by atoms with Crippen LogP contribution in [0.5, 0.6) is 0 Å². The van der Waals surface area contributed by atoms with E-state index in [0.717, 1.165) is 49.0 Å². The highest BCUT2D eigenvalue weighted by molar-refractivity contribution is 6.33. The molecule has 0 atom stereocenters. The zero-order valence-electron chi connectivity index (χ0n) is 15.6. The molecule has 148 valence electrons. The molecule has 0 amide bonds. The summed E-state index contributed by atoms with van der Waals surface area (Å²) in [5.41, 5.74) is 2.24.